The average molecular weight is 240 g/mol. The van der Waals surface area contributed by atoms with Gasteiger partial charge >= 0.3 is 0 Å². The molecule has 0 bridgehead atoms. The van der Waals surface area contributed by atoms with Crippen LogP contribution in [0.3, 0.4) is 0 Å². The molecule has 0 unspecified atom stereocenters. The molecule has 0 saturated carbocycles. The molecule has 1 aromatic heterocycles. The molecule has 0 fully saturated rings. The van der Waals surface area contributed by atoms with Gasteiger partial charge in [-0.25, -0.2) is 0 Å². The fourth-order valence-electron chi connectivity index (χ4n) is 1.83. The Kier molecular flexibility index (Phi) is 4.13. The summed E-state index contributed by atoms with van der Waals surface area (Å²) in [5.74, 6) is 0.885. The second-order valence-corrected chi connectivity index (χ2v) is 4.02. The molecule has 2 aromatic rings. The van der Waals surface area contributed by atoms with Gasteiger partial charge in [-0.2, -0.15) is 4.57 Å². The summed E-state index contributed by atoms with van der Waals surface area (Å²) in [4.78, 5) is 0. The van der Waals surface area contributed by atoms with Crippen molar-refractivity contribution in [2.45, 2.75) is 13.5 Å². The SMILES string of the molecule is CC[n+]1ccccc1/C=C/c1ccc(OC)cc1. The second kappa shape index (κ2) is 6.01. The van der Waals surface area contributed by atoms with E-state index in [2.05, 4.69) is 54.1 Å². The maximum Gasteiger partial charge on any atom is 0.205 e. The molecule has 2 nitrogen and oxygen atoms in total. The molecular formula is C16H18NO+. The Morgan fingerprint density at radius 3 is 2.50 bits per heavy atom. The van der Waals surface area contributed by atoms with Gasteiger partial charge in [0.1, 0.15) is 12.3 Å². The normalized spacial score (nSPS) is 10.8. The molecule has 0 amide bonds. The van der Waals surface area contributed by atoms with E-state index >= 15 is 0 Å². The molecule has 0 atom stereocenters. The summed E-state index contributed by atoms with van der Waals surface area (Å²) in [6, 6.07) is 14.3. The number of aromatic nitrogens is 1. The van der Waals surface area contributed by atoms with Crippen molar-refractivity contribution in [3.8, 4) is 5.75 Å². The van der Waals surface area contributed by atoms with Gasteiger partial charge in [0.05, 0.1) is 7.11 Å². The lowest BCUT2D eigenvalue weighted by Gasteiger charge is -1.99. The summed E-state index contributed by atoms with van der Waals surface area (Å²) in [6.07, 6.45) is 6.33. The first-order valence-corrected chi connectivity index (χ1v) is 6.14. The highest BCUT2D eigenvalue weighted by Gasteiger charge is 2.02. The number of hydrogen-bond donors (Lipinski definition) is 0. The van der Waals surface area contributed by atoms with Crippen LogP contribution < -0.4 is 9.30 Å². The number of hydrogen-bond acceptors (Lipinski definition) is 1. The standard InChI is InChI=1S/C16H18NO/c1-3-17-13-5-4-6-15(17)10-7-14-8-11-16(18-2)12-9-14/h4-13H,3H2,1-2H3/q+1/b10-7+. The van der Waals surface area contributed by atoms with Crippen molar-refractivity contribution in [3.05, 3.63) is 59.9 Å². The number of aryl methyl sites for hydroxylation is 1. The minimum Gasteiger partial charge on any atom is -0.497 e. The third-order valence-electron chi connectivity index (χ3n) is 2.88. The summed E-state index contributed by atoms with van der Waals surface area (Å²) in [6.45, 7) is 3.12. The van der Waals surface area contributed by atoms with Crippen molar-refractivity contribution >= 4 is 12.2 Å². The first-order valence-electron chi connectivity index (χ1n) is 6.14. The molecule has 0 spiro atoms. The summed E-state index contributed by atoms with van der Waals surface area (Å²) >= 11 is 0. The van der Waals surface area contributed by atoms with Crippen molar-refractivity contribution in [1.82, 2.24) is 0 Å². The number of nitrogens with zero attached hydrogens (tertiary/aromatic N) is 1. The number of benzene rings is 1. The Labute approximate surface area is 108 Å². The van der Waals surface area contributed by atoms with Gasteiger partial charge in [-0.15, -0.1) is 0 Å². The van der Waals surface area contributed by atoms with Crippen LogP contribution in [0.4, 0.5) is 0 Å². The van der Waals surface area contributed by atoms with Crippen LogP contribution >= 0.6 is 0 Å². The van der Waals surface area contributed by atoms with Gasteiger partial charge < -0.3 is 4.74 Å². The fraction of sp³-hybridized carbons (Fsp3) is 0.188. The molecule has 2 heteroatoms. The van der Waals surface area contributed by atoms with Crippen LogP contribution in [0.5, 0.6) is 5.75 Å². The van der Waals surface area contributed by atoms with Gasteiger partial charge in [-0.1, -0.05) is 12.1 Å². The molecule has 0 radical (unpaired) electrons. The molecule has 0 saturated heterocycles. The van der Waals surface area contributed by atoms with Gasteiger partial charge in [-0.3, -0.25) is 0 Å². The van der Waals surface area contributed by atoms with E-state index in [1.54, 1.807) is 7.11 Å². The van der Waals surface area contributed by atoms with Crippen LogP contribution in [0, 0.1) is 0 Å². The number of ether oxygens (including phenoxy) is 1. The van der Waals surface area contributed by atoms with E-state index in [9.17, 15) is 0 Å². The van der Waals surface area contributed by atoms with Crippen LogP contribution in [-0.4, -0.2) is 7.11 Å². The largest absolute Gasteiger partial charge is 0.497 e. The van der Waals surface area contributed by atoms with E-state index in [0.717, 1.165) is 12.3 Å². The molecule has 0 N–H and O–H groups in total. The molecule has 1 aromatic carbocycles. The van der Waals surface area contributed by atoms with Crippen molar-refractivity contribution in [3.63, 3.8) is 0 Å². The molecule has 0 aliphatic rings. The third kappa shape index (κ3) is 2.98. The smallest absolute Gasteiger partial charge is 0.205 e. The predicted octanol–water partition coefficient (Wildman–Crippen LogP) is 3.17. The zero-order valence-electron chi connectivity index (χ0n) is 10.8. The number of pyridine rings is 1. The highest BCUT2D eigenvalue weighted by atomic mass is 16.5. The van der Waals surface area contributed by atoms with Crippen molar-refractivity contribution in [1.29, 1.82) is 0 Å². The van der Waals surface area contributed by atoms with E-state index in [1.807, 2.05) is 18.2 Å². The monoisotopic (exact) mass is 240 g/mol. The van der Waals surface area contributed by atoms with Crippen molar-refractivity contribution in [2.24, 2.45) is 0 Å². The zero-order valence-corrected chi connectivity index (χ0v) is 10.8. The van der Waals surface area contributed by atoms with Gasteiger partial charge in [-0.05, 0) is 36.8 Å². The van der Waals surface area contributed by atoms with E-state index < -0.39 is 0 Å². The minimum atomic E-state index is 0.885. The second-order valence-electron chi connectivity index (χ2n) is 4.02. The van der Waals surface area contributed by atoms with Gasteiger partial charge in [0.15, 0.2) is 6.20 Å². The summed E-state index contributed by atoms with van der Waals surface area (Å²) in [5, 5.41) is 0. The molecule has 92 valence electrons. The molecule has 18 heavy (non-hydrogen) atoms. The summed E-state index contributed by atoms with van der Waals surface area (Å²) in [7, 11) is 1.68. The highest BCUT2D eigenvalue weighted by Crippen LogP contribution is 2.13. The zero-order chi connectivity index (χ0) is 12.8. The Morgan fingerprint density at radius 2 is 1.83 bits per heavy atom. The van der Waals surface area contributed by atoms with Crippen LogP contribution in [0.25, 0.3) is 12.2 Å². The maximum absolute atomic E-state index is 5.14. The lowest BCUT2D eigenvalue weighted by atomic mass is 10.2. The highest BCUT2D eigenvalue weighted by molar-refractivity contribution is 5.67. The Balaban J connectivity index is 2.19. The number of methoxy groups -OCH3 is 1. The Hall–Kier alpha value is -2.09. The predicted molar refractivity (Wildman–Crippen MR) is 74.2 cm³/mol. The molecular weight excluding hydrogens is 222 g/mol. The van der Waals surface area contributed by atoms with E-state index in [1.165, 1.54) is 11.3 Å². The lowest BCUT2D eigenvalue weighted by Crippen LogP contribution is -2.34. The summed E-state index contributed by atoms with van der Waals surface area (Å²) in [5.41, 5.74) is 2.37. The van der Waals surface area contributed by atoms with Crippen LogP contribution in [-0.2, 0) is 6.54 Å². The maximum atomic E-state index is 5.14. The molecule has 1 heterocycles. The van der Waals surface area contributed by atoms with Crippen LogP contribution in [0.2, 0.25) is 0 Å². The summed E-state index contributed by atoms with van der Waals surface area (Å²) < 4.78 is 7.35. The van der Waals surface area contributed by atoms with Gasteiger partial charge in [0.2, 0.25) is 5.69 Å². The molecule has 2 rings (SSSR count). The molecule has 0 aliphatic heterocycles. The van der Waals surface area contributed by atoms with Gasteiger partial charge in [0, 0.05) is 18.2 Å². The van der Waals surface area contributed by atoms with Gasteiger partial charge in [0.25, 0.3) is 0 Å². The minimum absolute atomic E-state index is 0.885. The van der Waals surface area contributed by atoms with E-state index in [-0.39, 0.29) is 0 Å². The topological polar surface area (TPSA) is 13.1 Å². The van der Waals surface area contributed by atoms with E-state index in [4.69, 9.17) is 4.74 Å². The molecule has 0 aliphatic carbocycles. The van der Waals surface area contributed by atoms with Crippen LogP contribution in [0.1, 0.15) is 18.2 Å². The van der Waals surface area contributed by atoms with E-state index in [0.29, 0.717) is 0 Å². The average Bonchev–Trinajstić information content (AvgIpc) is 2.46. The first-order chi connectivity index (χ1) is 8.83. The van der Waals surface area contributed by atoms with Crippen molar-refractivity contribution < 1.29 is 9.30 Å². The van der Waals surface area contributed by atoms with Crippen molar-refractivity contribution in [2.75, 3.05) is 7.11 Å². The lowest BCUT2D eigenvalue weighted by molar-refractivity contribution is -0.695. The number of rotatable bonds is 4. The third-order valence-corrected chi connectivity index (χ3v) is 2.88. The Bertz CT molecular complexity index is 529. The fourth-order valence-corrected chi connectivity index (χ4v) is 1.83. The first kappa shape index (κ1) is 12.4. The Morgan fingerprint density at radius 1 is 1.06 bits per heavy atom. The van der Waals surface area contributed by atoms with Crippen LogP contribution in [0.15, 0.2) is 48.7 Å². The quantitative estimate of drug-likeness (QED) is 0.748.